The molecule has 3 heterocycles. The number of rotatable bonds is 5. The molecular formula is C17H25ClFN3O3. The molecular weight excluding hydrogens is 349 g/mol. The molecule has 8 heteroatoms. The zero-order chi connectivity index (χ0) is 16.9. The fourth-order valence-corrected chi connectivity index (χ4v) is 3.30. The summed E-state index contributed by atoms with van der Waals surface area (Å²) in [7, 11) is 1.51. The molecule has 2 saturated heterocycles. The Morgan fingerprint density at radius 3 is 2.84 bits per heavy atom. The van der Waals surface area contributed by atoms with E-state index >= 15 is 0 Å². The highest BCUT2D eigenvalue weighted by atomic mass is 35.5. The molecule has 6 nitrogen and oxygen atoms in total. The Morgan fingerprint density at radius 1 is 1.44 bits per heavy atom. The summed E-state index contributed by atoms with van der Waals surface area (Å²) in [5, 5.41) is 5.97. The maximum Gasteiger partial charge on any atom is 0.237 e. The smallest absolute Gasteiger partial charge is 0.237 e. The first-order chi connectivity index (χ1) is 11.7. The first-order valence-electron chi connectivity index (χ1n) is 8.51. The minimum Gasteiger partial charge on any atom is -0.481 e. The maximum absolute atomic E-state index is 14.5. The van der Waals surface area contributed by atoms with Gasteiger partial charge in [-0.05, 0) is 38.3 Å². The quantitative estimate of drug-likeness (QED) is 0.825. The van der Waals surface area contributed by atoms with Crippen LogP contribution in [0.25, 0.3) is 0 Å². The number of aromatic nitrogens is 1. The van der Waals surface area contributed by atoms with Crippen LogP contribution in [0.5, 0.6) is 5.88 Å². The predicted octanol–water partition coefficient (Wildman–Crippen LogP) is 1.91. The van der Waals surface area contributed by atoms with Gasteiger partial charge in [-0.2, -0.15) is 0 Å². The van der Waals surface area contributed by atoms with Gasteiger partial charge in [0.1, 0.15) is 5.82 Å². The highest BCUT2D eigenvalue weighted by molar-refractivity contribution is 5.85. The van der Waals surface area contributed by atoms with E-state index in [1.807, 2.05) is 0 Å². The molecule has 140 valence electrons. The van der Waals surface area contributed by atoms with Gasteiger partial charge in [0.05, 0.1) is 18.8 Å². The van der Waals surface area contributed by atoms with Crippen LogP contribution >= 0.6 is 12.4 Å². The van der Waals surface area contributed by atoms with Crippen LogP contribution in [0.15, 0.2) is 6.07 Å². The monoisotopic (exact) mass is 373 g/mol. The maximum atomic E-state index is 14.5. The number of hydrogen-bond donors (Lipinski definition) is 2. The number of carbonyl (C=O) groups is 1. The molecule has 0 radical (unpaired) electrons. The molecule has 2 fully saturated rings. The lowest BCUT2D eigenvalue weighted by molar-refractivity contribution is -0.122. The third-order valence-corrected chi connectivity index (χ3v) is 4.67. The minimum absolute atomic E-state index is 0. The molecule has 1 atom stereocenters. The normalized spacial score (nSPS) is 20.8. The van der Waals surface area contributed by atoms with Crippen molar-refractivity contribution in [3.05, 3.63) is 23.1 Å². The van der Waals surface area contributed by atoms with Gasteiger partial charge < -0.3 is 20.1 Å². The van der Waals surface area contributed by atoms with Gasteiger partial charge in [0.25, 0.3) is 0 Å². The highest BCUT2D eigenvalue weighted by Crippen LogP contribution is 2.30. The zero-order valence-electron chi connectivity index (χ0n) is 14.3. The first kappa shape index (κ1) is 19.9. The summed E-state index contributed by atoms with van der Waals surface area (Å²) in [4.78, 5) is 16.4. The van der Waals surface area contributed by atoms with Crippen LogP contribution in [-0.4, -0.2) is 43.8 Å². The fraction of sp³-hybridized carbons (Fsp3) is 0.647. The standard InChI is InChI=1S/C17H24FN3O3.ClH/c1-23-17-12(10-20-16(22)14-3-2-6-19-14)9-13(18)15(21-17)11-4-7-24-8-5-11;/h9,11,14,19H,2-8,10H2,1H3,(H,20,22);1H. The second-order valence-corrected chi connectivity index (χ2v) is 6.28. The topological polar surface area (TPSA) is 72.5 Å². The van der Waals surface area contributed by atoms with E-state index in [4.69, 9.17) is 9.47 Å². The summed E-state index contributed by atoms with van der Waals surface area (Å²) in [5.74, 6) is 0.0194. The van der Waals surface area contributed by atoms with E-state index in [2.05, 4.69) is 15.6 Å². The van der Waals surface area contributed by atoms with Gasteiger partial charge >= 0.3 is 0 Å². The van der Waals surface area contributed by atoms with Gasteiger partial charge in [0.15, 0.2) is 0 Å². The van der Waals surface area contributed by atoms with E-state index in [0.717, 1.165) is 32.2 Å². The molecule has 1 unspecified atom stereocenters. The Balaban J connectivity index is 0.00000225. The molecule has 25 heavy (non-hydrogen) atoms. The Labute approximate surface area is 153 Å². The van der Waals surface area contributed by atoms with Crippen molar-refractivity contribution in [3.63, 3.8) is 0 Å². The van der Waals surface area contributed by atoms with Crippen LogP contribution in [0.1, 0.15) is 42.9 Å². The lowest BCUT2D eigenvalue weighted by atomic mass is 9.95. The van der Waals surface area contributed by atoms with Gasteiger partial charge in [-0.3, -0.25) is 4.79 Å². The van der Waals surface area contributed by atoms with Crippen LogP contribution in [0.3, 0.4) is 0 Å². The van der Waals surface area contributed by atoms with E-state index in [9.17, 15) is 9.18 Å². The Bertz CT molecular complexity index is 591. The summed E-state index contributed by atoms with van der Waals surface area (Å²) in [6.07, 6.45) is 3.35. The van der Waals surface area contributed by atoms with Crippen LogP contribution in [0.4, 0.5) is 4.39 Å². The largest absolute Gasteiger partial charge is 0.481 e. The summed E-state index contributed by atoms with van der Waals surface area (Å²) >= 11 is 0. The van der Waals surface area contributed by atoms with Crippen LogP contribution in [0, 0.1) is 5.82 Å². The van der Waals surface area contributed by atoms with E-state index in [1.54, 1.807) is 0 Å². The predicted molar refractivity (Wildman–Crippen MR) is 93.7 cm³/mol. The minimum atomic E-state index is -0.342. The number of pyridine rings is 1. The van der Waals surface area contributed by atoms with Crippen molar-refractivity contribution in [2.75, 3.05) is 26.9 Å². The summed E-state index contributed by atoms with van der Waals surface area (Å²) < 4.78 is 25.1. The molecule has 0 saturated carbocycles. The summed E-state index contributed by atoms with van der Waals surface area (Å²) in [6.45, 7) is 2.32. The van der Waals surface area contributed by atoms with Crippen molar-refractivity contribution >= 4 is 18.3 Å². The van der Waals surface area contributed by atoms with Crippen molar-refractivity contribution in [1.29, 1.82) is 0 Å². The molecule has 2 N–H and O–H groups in total. The first-order valence-corrected chi connectivity index (χ1v) is 8.51. The molecule has 1 aromatic rings. The third kappa shape index (κ3) is 4.80. The van der Waals surface area contributed by atoms with Crippen molar-refractivity contribution in [2.45, 2.75) is 44.2 Å². The molecule has 0 aliphatic carbocycles. The lowest BCUT2D eigenvalue weighted by Crippen LogP contribution is -2.40. The second kappa shape index (κ2) is 9.31. The Hall–Kier alpha value is -1.44. The van der Waals surface area contributed by atoms with Crippen LogP contribution < -0.4 is 15.4 Å². The number of carbonyl (C=O) groups excluding carboxylic acids is 1. The van der Waals surface area contributed by atoms with Gasteiger partial charge in [-0.1, -0.05) is 0 Å². The average molecular weight is 374 g/mol. The molecule has 0 aromatic carbocycles. The molecule has 0 spiro atoms. The third-order valence-electron chi connectivity index (χ3n) is 4.67. The molecule has 3 rings (SSSR count). The van der Waals surface area contributed by atoms with Crippen molar-refractivity contribution in [1.82, 2.24) is 15.6 Å². The van der Waals surface area contributed by atoms with E-state index in [0.29, 0.717) is 30.4 Å². The Morgan fingerprint density at radius 2 is 2.20 bits per heavy atom. The number of halogens is 2. The number of nitrogens with one attached hydrogen (secondary N) is 2. The van der Waals surface area contributed by atoms with E-state index in [1.165, 1.54) is 13.2 Å². The fourth-order valence-electron chi connectivity index (χ4n) is 3.30. The van der Waals surface area contributed by atoms with Crippen LogP contribution in [0.2, 0.25) is 0 Å². The molecule has 1 amide bonds. The summed E-state index contributed by atoms with van der Waals surface area (Å²) in [5.41, 5.74) is 0.986. The number of amides is 1. The van der Waals surface area contributed by atoms with Crippen LogP contribution in [-0.2, 0) is 16.1 Å². The lowest BCUT2D eigenvalue weighted by Gasteiger charge is -2.23. The van der Waals surface area contributed by atoms with Gasteiger partial charge in [0, 0.05) is 31.2 Å². The average Bonchev–Trinajstić information content (AvgIpc) is 3.15. The number of nitrogens with zero attached hydrogens (tertiary/aromatic N) is 1. The highest BCUT2D eigenvalue weighted by Gasteiger charge is 2.25. The molecule has 1 aromatic heterocycles. The Kier molecular flexibility index (Phi) is 7.40. The van der Waals surface area contributed by atoms with E-state index < -0.39 is 0 Å². The number of methoxy groups -OCH3 is 1. The SMILES string of the molecule is COc1nc(C2CCOCC2)c(F)cc1CNC(=O)C1CCCN1.Cl. The molecule has 2 aliphatic heterocycles. The van der Waals surface area contributed by atoms with Crippen molar-refractivity contribution < 1.29 is 18.7 Å². The van der Waals surface area contributed by atoms with Crippen molar-refractivity contribution in [2.24, 2.45) is 0 Å². The number of ether oxygens (including phenoxy) is 2. The second-order valence-electron chi connectivity index (χ2n) is 6.28. The zero-order valence-corrected chi connectivity index (χ0v) is 15.2. The van der Waals surface area contributed by atoms with Gasteiger partial charge in [-0.25, -0.2) is 9.37 Å². The summed E-state index contributed by atoms with van der Waals surface area (Å²) in [6, 6.07) is 1.27. The molecule has 0 bridgehead atoms. The van der Waals surface area contributed by atoms with E-state index in [-0.39, 0.29) is 42.6 Å². The number of hydrogen-bond acceptors (Lipinski definition) is 5. The van der Waals surface area contributed by atoms with Gasteiger partial charge in [-0.15, -0.1) is 12.4 Å². The van der Waals surface area contributed by atoms with Crippen molar-refractivity contribution in [3.8, 4) is 5.88 Å². The molecule has 2 aliphatic rings. The van der Waals surface area contributed by atoms with Gasteiger partial charge in [0.2, 0.25) is 11.8 Å².